The maximum absolute atomic E-state index is 11.6. The van der Waals surface area contributed by atoms with Gasteiger partial charge in [-0.25, -0.2) is 4.98 Å². The molecule has 0 spiro atoms. The number of amides is 1. The Morgan fingerprint density at radius 2 is 2.04 bits per heavy atom. The van der Waals surface area contributed by atoms with E-state index in [1.54, 1.807) is 27.8 Å². The summed E-state index contributed by atoms with van der Waals surface area (Å²) in [6.45, 7) is 2.30. The predicted octanol–water partition coefficient (Wildman–Crippen LogP) is 1.95. The van der Waals surface area contributed by atoms with Crippen molar-refractivity contribution in [2.75, 3.05) is 38.7 Å². The van der Waals surface area contributed by atoms with Gasteiger partial charge in [0.05, 0.1) is 26.4 Å². The lowest BCUT2D eigenvalue weighted by Gasteiger charge is -2.06. The Balaban J connectivity index is 1.86. The van der Waals surface area contributed by atoms with Crippen LogP contribution in [0.5, 0.6) is 0 Å². The second kappa shape index (κ2) is 14.5. The van der Waals surface area contributed by atoms with Crippen molar-refractivity contribution in [2.24, 2.45) is 0 Å². The van der Waals surface area contributed by atoms with Crippen LogP contribution < -0.4 is 5.32 Å². The molecule has 0 saturated heterocycles. The zero-order chi connectivity index (χ0) is 16.6. The molecule has 6 nitrogen and oxygen atoms in total. The topological polar surface area (TPSA) is 77.5 Å². The lowest BCUT2D eigenvalue weighted by Crippen LogP contribution is -2.27. The monoisotopic (exact) mass is 358 g/mol. The van der Waals surface area contributed by atoms with Crippen molar-refractivity contribution in [3.05, 3.63) is 24.4 Å². The maximum Gasteiger partial charge on any atom is 0.220 e. The van der Waals surface area contributed by atoms with Gasteiger partial charge >= 0.3 is 0 Å². The second-order valence-corrected chi connectivity index (χ2v) is 6.79. The standard InChI is InChI=1S/C15H22N2O4S2/c18-8-3-9-20-11-12-21-10-7-16-14(19)5-13-22-23-15-4-1-2-6-17-15/h1-2,4,6,8H,3,5,7,9-13H2,(H,16,19). The molecule has 1 aromatic heterocycles. The van der Waals surface area contributed by atoms with Crippen molar-refractivity contribution in [2.45, 2.75) is 17.9 Å². The minimum absolute atomic E-state index is 0.0185. The van der Waals surface area contributed by atoms with Crippen LogP contribution in [0.2, 0.25) is 0 Å². The van der Waals surface area contributed by atoms with Gasteiger partial charge in [-0.3, -0.25) is 4.79 Å². The Kier molecular flexibility index (Phi) is 12.6. The lowest BCUT2D eigenvalue weighted by molar-refractivity contribution is -0.120. The summed E-state index contributed by atoms with van der Waals surface area (Å²) in [6, 6.07) is 5.76. The van der Waals surface area contributed by atoms with E-state index in [4.69, 9.17) is 9.47 Å². The molecule has 0 aromatic carbocycles. The Morgan fingerprint density at radius 3 is 2.78 bits per heavy atom. The Labute approximate surface area is 144 Å². The van der Waals surface area contributed by atoms with Crippen molar-refractivity contribution in [1.29, 1.82) is 0 Å². The van der Waals surface area contributed by atoms with Gasteiger partial charge in [0.25, 0.3) is 0 Å². The number of rotatable bonds is 14. The normalized spacial score (nSPS) is 10.4. The summed E-state index contributed by atoms with van der Waals surface area (Å²) in [5.41, 5.74) is 0. The van der Waals surface area contributed by atoms with Crippen molar-refractivity contribution >= 4 is 33.8 Å². The fourth-order valence-electron chi connectivity index (χ4n) is 1.44. The molecular weight excluding hydrogens is 336 g/mol. The van der Waals surface area contributed by atoms with E-state index in [0.717, 1.165) is 17.1 Å². The Hall–Kier alpha value is -1.09. The quantitative estimate of drug-likeness (QED) is 0.309. The molecule has 0 aliphatic carbocycles. The summed E-state index contributed by atoms with van der Waals surface area (Å²) in [4.78, 5) is 25.8. The molecule has 0 bridgehead atoms. The van der Waals surface area contributed by atoms with Crippen LogP contribution >= 0.6 is 21.6 Å². The van der Waals surface area contributed by atoms with E-state index >= 15 is 0 Å². The maximum atomic E-state index is 11.6. The molecule has 1 N–H and O–H groups in total. The Morgan fingerprint density at radius 1 is 1.22 bits per heavy atom. The number of carbonyl (C=O) groups excluding carboxylic acids is 2. The molecule has 0 aliphatic rings. The summed E-state index contributed by atoms with van der Waals surface area (Å²) in [5, 5.41) is 3.75. The summed E-state index contributed by atoms with van der Waals surface area (Å²) >= 11 is 0. The van der Waals surface area contributed by atoms with Gasteiger partial charge in [-0.1, -0.05) is 16.9 Å². The average molecular weight is 358 g/mol. The molecule has 8 heteroatoms. The van der Waals surface area contributed by atoms with Gasteiger partial charge < -0.3 is 19.6 Å². The van der Waals surface area contributed by atoms with Crippen LogP contribution in [0.3, 0.4) is 0 Å². The molecular formula is C15H22N2O4S2. The number of hydrogen-bond donors (Lipinski definition) is 1. The molecule has 0 radical (unpaired) electrons. The van der Waals surface area contributed by atoms with Gasteiger partial charge in [-0.15, -0.1) is 0 Å². The third-order valence-corrected chi connectivity index (χ3v) is 4.78. The first-order chi connectivity index (χ1) is 11.3. The smallest absolute Gasteiger partial charge is 0.220 e. The van der Waals surface area contributed by atoms with Crippen LogP contribution in [-0.2, 0) is 19.1 Å². The number of aromatic nitrogens is 1. The second-order valence-electron chi connectivity index (χ2n) is 4.35. The number of carbonyl (C=O) groups is 2. The highest BCUT2D eigenvalue weighted by atomic mass is 33.1. The van der Waals surface area contributed by atoms with Gasteiger partial charge in [-0.2, -0.15) is 0 Å². The number of nitrogens with one attached hydrogen (secondary N) is 1. The molecule has 0 unspecified atom stereocenters. The highest BCUT2D eigenvalue weighted by molar-refractivity contribution is 8.76. The molecule has 1 rings (SSSR count). The molecule has 0 atom stereocenters. The first-order valence-corrected chi connectivity index (χ1v) is 9.71. The van der Waals surface area contributed by atoms with E-state index in [-0.39, 0.29) is 5.91 Å². The molecule has 1 aromatic rings. The number of aldehydes is 1. The summed E-state index contributed by atoms with van der Waals surface area (Å²) in [6.07, 6.45) is 3.46. The molecule has 1 amide bonds. The Bertz CT molecular complexity index is 435. The average Bonchev–Trinajstić information content (AvgIpc) is 2.58. The number of hydrogen-bond acceptors (Lipinski definition) is 7. The number of ether oxygens (including phenoxy) is 2. The highest BCUT2D eigenvalue weighted by Crippen LogP contribution is 2.29. The first-order valence-electron chi connectivity index (χ1n) is 7.39. The molecule has 0 fully saturated rings. The van der Waals surface area contributed by atoms with Gasteiger partial charge in [0.15, 0.2) is 0 Å². The highest BCUT2D eigenvalue weighted by Gasteiger charge is 2.02. The largest absolute Gasteiger partial charge is 0.379 e. The predicted molar refractivity (Wildman–Crippen MR) is 92.5 cm³/mol. The lowest BCUT2D eigenvalue weighted by atomic mass is 10.4. The van der Waals surface area contributed by atoms with Gasteiger partial charge in [0.2, 0.25) is 5.91 Å². The molecule has 0 saturated carbocycles. The van der Waals surface area contributed by atoms with Crippen molar-refractivity contribution in [3.63, 3.8) is 0 Å². The van der Waals surface area contributed by atoms with Crippen molar-refractivity contribution in [1.82, 2.24) is 10.3 Å². The van der Waals surface area contributed by atoms with Crippen LogP contribution in [0, 0.1) is 0 Å². The van der Waals surface area contributed by atoms with Gasteiger partial charge in [0, 0.05) is 31.3 Å². The summed E-state index contributed by atoms with van der Waals surface area (Å²) in [5.74, 6) is 0.753. The zero-order valence-corrected chi connectivity index (χ0v) is 14.6. The fraction of sp³-hybridized carbons (Fsp3) is 0.533. The van der Waals surface area contributed by atoms with Gasteiger partial charge in [0.1, 0.15) is 11.3 Å². The van der Waals surface area contributed by atoms with Crippen LogP contribution in [0.1, 0.15) is 12.8 Å². The third-order valence-electron chi connectivity index (χ3n) is 2.52. The van der Waals surface area contributed by atoms with E-state index in [1.165, 1.54) is 0 Å². The SMILES string of the molecule is O=CCCOCCOCCNC(=O)CCSSc1ccccn1. The van der Waals surface area contributed by atoms with E-state index < -0.39 is 0 Å². The van der Waals surface area contributed by atoms with Crippen LogP contribution in [0.4, 0.5) is 0 Å². The molecule has 128 valence electrons. The molecule has 23 heavy (non-hydrogen) atoms. The summed E-state index contributed by atoms with van der Waals surface area (Å²) < 4.78 is 10.5. The van der Waals surface area contributed by atoms with E-state index in [1.807, 2.05) is 18.2 Å². The third kappa shape index (κ3) is 12.1. The molecule has 0 aliphatic heterocycles. The number of nitrogens with zero attached hydrogens (tertiary/aromatic N) is 1. The van der Waals surface area contributed by atoms with Crippen LogP contribution in [-0.4, -0.2) is 55.9 Å². The molecule has 1 heterocycles. The minimum Gasteiger partial charge on any atom is -0.379 e. The van der Waals surface area contributed by atoms with Crippen LogP contribution in [0.15, 0.2) is 29.4 Å². The van der Waals surface area contributed by atoms with Crippen molar-refractivity contribution < 1.29 is 19.1 Å². The summed E-state index contributed by atoms with van der Waals surface area (Å²) in [7, 11) is 3.18. The van der Waals surface area contributed by atoms with Crippen LogP contribution in [0.25, 0.3) is 0 Å². The number of pyridine rings is 1. The van der Waals surface area contributed by atoms with E-state index in [9.17, 15) is 9.59 Å². The minimum atomic E-state index is 0.0185. The van der Waals surface area contributed by atoms with Crippen molar-refractivity contribution in [3.8, 4) is 0 Å². The zero-order valence-electron chi connectivity index (χ0n) is 12.9. The first kappa shape index (κ1) is 20.0. The fourth-order valence-corrected chi connectivity index (χ4v) is 3.31. The van der Waals surface area contributed by atoms with E-state index in [2.05, 4.69) is 10.3 Å². The van der Waals surface area contributed by atoms with Gasteiger partial charge in [-0.05, 0) is 22.9 Å². The van der Waals surface area contributed by atoms with E-state index in [0.29, 0.717) is 45.8 Å².